The van der Waals surface area contributed by atoms with Crippen LogP contribution >= 0.6 is 23.2 Å². The van der Waals surface area contributed by atoms with E-state index < -0.39 is 11.8 Å². The second-order valence-corrected chi connectivity index (χ2v) is 9.23. The highest BCUT2D eigenvalue weighted by Gasteiger charge is 2.28. The standard InChI is InChI=1S/C26H24Cl2N4O5/c1-14-6-3-4-7-17(14)25(34)31-29-19-8-5-9-21-23(19)15(2)24(37-21)26(35)32-30-22(33)13-36-20-11-10-16(27)12-18(20)28/h3-4,6-7,10-12H,5,8-9,13H2,1-2H3,(H,30,33)(H,31,34)(H,32,35)/b29-19+. The van der Waals surface area contributed by atoms with Crippen molar-refractivity contribution in [3.63, 3.8) is 0 Å². The molecule has 3 aromatic rings. The van der Waals surface area contributed by atoms with Crippen LogP contribution in [0.3, 0.4) is 0 Å². The van der Waals surface area contributed by atoms with Crippen LogP contribution in [0.5, 0.6) is 5.75 Å². The summed E-state index contributed by atoms with van der Waals surface area (Å²) in [6.07, 6.45) is 1.99. The van der Waals surface area contributed by atoms with Gasteiger partial charge in [0, 0.05) is 28.1 Å². The zero-order valence-electron chi connectivity index (χ0n) is 20.1. The predicted molar refractivity (Wildman–Crippen MR) is 139 cm³/mol. The molecule has 0 radical (unpaired) electrons. The third-order valence-electron chi connectivity index (χ3n) is 5.78. The zero-order valence-corrected chi connectivity index (χ0v) is 21.6. The van der Waals surface area contributed by atoms with Gasteiger partial charge in [-0.2, -0.15) is 5.10 Å². The van der Waals surface area contributed by atoms with E-state index in [4.69, 9.17) is 32.4 Å². The molecule has 2 aromatic carbocycles. The first-order valence-electron chi connectivity index (χ1n) is 11.5. The molecule has 3 N–H and O–H groups in total. The van der Waals surface area contributed by atoms with Gasteiger partial charge in [0.15, 0.2) is 12.4 Å². The van der Waals surface area contributed by atoms with Gasteiger partial charge in [-0.25, -0.2) is 5.43 Å². The van der Waals surface area contributed by atoms with Crippen molar-refractivity contribution in [2.75, 3.05) is 6.61 Å². The number of aryl methyl sites for hydroxylation is 2. The Morgan fingerprint density at radius 1 is 1.03 bits per heavy atom. The lowest BCUT2D eigenvalue weighted by molar-refractivity contribution is -0.123. The number of hydrazone groups is 1. The third-order valence-corrected chi connectivity index (χ3v) is 6.31. The molecular weight excluding hydrogens is 519 g/mol. The Labute approximate surface area is 223 Å². The SMILES string of the molecule is Cc1ccccc1C(=O)N/N=C1\CCCc2oc(C(=O)NNC(=O)COc3ccc(Cl)cc3Cl)c(C)c21. The Bertz CT molecular complexity index is 1400. The number of hydrogen-bond donors (Lipinski definition) is 3. The minimum Gasteiger partial charge on any atom is -0.482 e. The van der Waals surface area contributed by atoms with Crippen LogP contribution in [0.25, 0.3) is 0 Å². The van der Waals surface area contributed by atoms with Gasteiger partial charge in [-0.3, -0.25) is 25.2 Å². The number of carbonyl (C=O) groups excluding carboxylic acids is 3. The van der Waals surface area contributed by atoms with E-state index in [-0.39, 0.29) is 29.0 Å². The van der Waals surface area contributed by atoms with Crippen molar-refractivity contribution in [3.8, 4) is 5.75 Å². The van der Waals surface area contributed by atoms with Gasteiger partial charge in [0.2, 0.25) is 0 Å². The fourth-order valence-electron chi connectivity index (χ4n) is 3.96. The lowest BCUT2D eigenvalue weighted by Crippen LogP contribution is -2.43. The highest BCUT2D eigenvalue weighted by Crippen LogP contribution is 2.30. The van der Waals surface area contributed by atoms with Crippen LogP contribution in [0, 0.1) is 13.8 Å². The van der Waals surface area contributed by atoms with Crippen molar-refractivity contribution in [1.29, 1.82) is 0 Å². The second kappa shape index (κ2) is 11.5. The quantitative estimate of drug-likeness (QED) is 0.395. The Balaban J connectivity index is 1.39. The van der Waals surface area contributed by atoms with Crippen molar-refractivity contribution < 1.29 is 23.5 Å². The van der Waals surface area contributed by atoms with Gasteiger partial charge >= 0.3 is 5.91 Å². The van der Waals surface area contributed by atoms with Gasteiger partial charge in [0.25, 0.3) is 11.8 Å². The highest BCUT2D eigenvalue weighted by molar-refractivity contribution is 6.35. The number of hydrazine groups is 1. The minimum absolute atomic E-state index is 0.0480. The molecule has 0 saturated heterocycles. The van der Waals surface area contributed by atoms with Crippen molar-refractivity contribution >= 4 is 46.6 Å². The number of ether oxygens (including phenoxy) is 1. The lowest BCUT2D eigenvalue weighted by atomic mass is 9.93. The van der Waals surface area contributed by atoms with E-state index in [1.165, 1.54) is 12.1 Å². The number of carbonyl (C=O) groups is 3. The van der Waals surface area contributed by atoms with Crippen molar-refractivity contribution in [1.82, 2.24) is 16.3 Å². The molecule has 0 atom stereocenters. The van der Waals surface area contributed by atoms with Crippen LogP contribution in [0.15, 0.2) is 52.0 Å². The van der Waals surface area contributed by atoms with E-state index in [0.717, 1.165) is 12.0 Å². The van der Waals surface area contributed by atoms with Crippen LogP contribution in [0.4, 0.5) is 0 Å². The molecule has 0 unspecified atom stereocenters. The average Bonchev–Trinajstić information content (AvgIpc) is 3.22. The fourth-order valence-corrected chi connectivity index (χ4v) is 4.42. The first-order chi connectivity index (χ1) is 17.7. The molecule has 0 bridgehead atoms. The van der Waals surface area contributed by atoms with E-state index in [9.17, 15) is 14.4 Å². The molecule has 0 aliphatic heterocycles. The third kappa shape index (κ3) is 6.12. The van der Waals surface area contributed by atoms with Gasteiger partial charge in [0.1, 0.15) is 11.5 Å². The summed E-state index contributed by atoms with van der Waals surface area (Å²) >= 11 is 11.9. The number of hydrogen-bond acceptors (Lipinski definition) is 6. The Morgan fingerprint density at radius 2 is 1.81 bits per heavy atom. The van der Waals surface area contributed by atoms with Crippen molar-refractivity contribution in [2.24, 2.45) is 5.10 Å². The molecule has 1 aromatic heterocycles. The number of amides is 3. The zero-order chi connectivity index (χ0) is 26.5. The molecule has 1 aliphatic rings. The van der Waals surface area contributed by atoms with Crippen LogP contribution in [0.2, 0.25) is 10.0 Å². The molecule has 1 aliphatic carbocycles. The Morgan fingerprint density at radius 3 is 2.57 bits per heavy atom. The summed E-state index contributed by atoms with van der Waals surface area (Å²) in [5.41, 5.74) is 10.5. The summed E-state index contributed by atoms with van der Waals surface area (Å²) in [4.78, 5) is 37.5. The lowest BCUT2D eigenvalue weighted by Gasteiger charge is -2.13. The fraction of sp³-hybridized carbons (Fsp3) is 0.231. The Kier molecular flexibility index (Phi) is 8.15. The summed E-state index contributed by atoms with van der Waals surface area (Å²) < 4.78 is 11.2. The first kappa shape index (κ1) is 26.2. The summed E-state index contributed by atoms with van der Waals surface area (Å²) in [6.45, 7) is 3.20. The number of nitrogens with one attached hydrogen (secondary N) is 3. The second-order valence-electron chi connectivity index (χ2n) is 8.39. The number of furan rings is 1. The van der Waals surface area contributed by atoms with E-state index >= 15 is 0 Å². The highest BCUT2D eigenvalue weighted by atomic mass is 35.5. The van der Waals surface area contributed by atoms with Gasteiger partial charge in [-0.1, -0.05) is 41.4 Å². The van der Waals surface area contributed by atoms with Gasteiger partial charge < -0.3 is 9.15 Å². The van der Waals surface area contributed by atoms with Gasteiger partial charge in [-0.15, -0.1) is 0 Å². The maximum Gasteiger partial charge on any atom is 0.305 e. The van der Waals surface area contributed by atoms with E-state index in [0.29, 0.717) is 46.0 Å². The monoisotopic (exact) mass is 542 g/mol. The maximum atomic E-state index is 12.7. The summed E-state index contributed by atoms with van der Waals surface area (Å²) in [5, 5.41) is 5.03. The van der Waals surface area contributed by atoms with E-state index in [2.05, 4.69) is 21.4 Å². The number of fused-ring (bicyclic) bond motifs is 1. The summed E-state index contributed by atoms with van der Waals surface area (Å²) in [7, 11) is 0. The van der Waals surface area contributed by atoms with Gasteiger partial charge in [0.05, 0.1) is 10.7 Å². The van der Waals surface area contributed by atoms with Crippen LogP contribution in [-0.2, 0) is 11.2 Å². The predicted octanol–water partition coefficient (Wildman–Crippen LogP) is 4.51. The largest absolute Gasteiger partial charge is 0.482 e. The normalized spacial score (nSPS) is 13.6. The molecule has 9 nitrogen and oxygen atoms in total. The molecule has 1 heterocycles. The van der Waals surface area contributed by atoms with Crippen LogP contribution in [0.1, 0.15) is 56.2 Å². The summed E-state index contributed by atoms with van der Waals surface area (Å²) in [6, 6.07) is 11.8. The molecular formula is C26H24Cl2N4O5. The number of benzene rings is 2. The number of rotatable bonds is 6. The van der Waals surface area contributed by atoms with E-state index in [1.54, 1.807) is 25.1 Å². The molecule has 192 valence electrons. The number of halogens is 2. The summed E-state index contributed by atoms with van der Waals surface area (Å²) in [5.74, 6) is -0.621. The smallest absolute Gasteiger partial charge is 0.305 e. The minimum atomic E-state index is -0.631. The van der Waals surface area contributed by atoms with Crippen molar-refractivity contribution in [3.05, 3.63) is 86.3 Å². The van der Waals surface area contributed by atoms with Gasteiger partial charge in [-0.05, 0) is 56.5 Å². The molecule has 37 heavy (non-hydrogen) atoms. The molecule has 0 saturated carbocycles. The number of nitrogens with zero attached hydrogens (tertiary/aromatic N) is 1. The average molecular weight is 543 g/mol. The van der Waals surface area contributed by atoms with Crippen molar-refractivity contribution in [2.45, 2.75) is 33.1 Å². The molecule has 3 amide bonds. The topological polar surface area (TPSA) is 122 Å². The van der Waals surface area contributed by atoms with E-state index in [1.807, 2.05) is 19.1 Å². The first-order valence-corrected chi connectivity index (χ1v) is 12.2. The molecule has 11 heteroatoms. The molecule has 0 spiro atoms. The maximum absolute atomic E-state index is 12.7. The van der Waals surface area contributed by atoms with Crippen LogP contribution < -0.4 is 21.0 Å². The molecule has 4 rings (SSSR count). The Hall–Kier alpha value is -3.82. The molecule has 0 fully saturated rings. The van der Waals surface area contributed by atoms with Crippen LogP contribution in [-0.4, -0.2) is 30.0 Å².